The van der Waals surface area contributed by atoms with E-state index in [0.717, 1.165) is 18.8 Å². The van der Waals surface area contributed by atoms with E-state index in [-0.39, 0.29) is 5.92 Å². The molecule has 114 valence electrons. The summed E-state index contributed by atoms with van der Waals surface area (Å²) in [7, 11) is 0. The van der Waals surface area contributed by atoms with Crippen molar-refractivity contribution in [3.63, 3.8) is 0 Å². The molecular weight excluding hydrogens is 286 g/mol. The molecule has 0 bridgehead atoms. The van der Waals surface area contributed by atoms with Gasteiger partial charge in [-0.25, -0.2) is 0 Å². The molecule has 0 N–H and O–H groups in total. The molecule has 0 radical (unpaired) electrons. The Morgan fingerprint density at radius 3 is 2.61 bits per heavy atom. The number of para-hydroxylation sites is 1. The minimum Gasteiger partial charge on any atom is -0.347 e. The molecule has 1 aromatic carbocycles. The highest BCUT2D eigenvalue weighted by Crippen LogP contribution is 2.22. The van der Waals surface area contributed by atoms with Gasteiger partial charge in [0.2, 0.25) is 0 Å². The van der Waals surface area contributed by atoms with Crippen molar-refractivity contribution in [3.8, 4) is 0 Å². The van der Waals surface area contributed by atoms with E-state index < -0.39 is 0 Å². The van der Waals surface area contributed by atoms with Gasteiger partial charge in [-0.1, -0.05) is 29.5 Å². The lowest BCUT2D eigenvalue weighted by atomic mass is 10.0. The molecule has 0 amide bonds. The first kappa shape index (κ1) is 13.7. The van der Waals surface area contributed by atoms with Gasteiger partial charge in [0.15, 0.2) is 0 Å². The second-order valence-corrected chi connectivity index (χ2v) is 5.60. The molecule has 3 heterocycles. The van der Waals surface area contributed by atoms with E-state index in [9.17, 15) is 0 Å². The van der Waals surface area contributed by atoms with E-state index in [2.05, 4.69) is 62.5 Å². The topological polar surface area (TPSA) is 48.5 Å². The van der Waals surface area contributed by atoms with Crippen LogP contribution in [0.25, 0.3) is 10.9 Å². The van der Waals surface area contributed by atoms with Gasteiger partial charge in [0, 0.05) is 42.3 Å². The fraction of sp³-hybridized carbons (Fsp3) is 0.167. The van der Waals surface area contributed by atoms with Crippen LogP contribution in [0.3, 0.4) is 0 Å². The van der Waals surface area contributed by atoms with Crippen LogP contribution >= 0.6 is 0 Å². The van der Waals surface area contributed by atoms with Crippen LogP contribution in [-0.4, -0.2) is 24.5 Å². The highest BCUT2D eigenvalue weighted by atomic mass is 15.4. The van der Waals surface area contributed by atoms with E-state index in [0.29, 0.717) is 0 Å². The van der Waals surface area contributed by atoms with Crippen LogP contribution in [0.5, 0.6) is 0 Å². The standard InChI is InChI=1S/C18H17N5/c1-2-7-18-15(5-1)8-11-22(18)13-16(14-23-12-10-20-21-23)17-6-3-4-9-19-17/h1-12,16H,13-14H2. The second kappa shape index (κ2) is 6.04. The second-order valence-electron chi connectivity index (χ2n) is 5.60. The molecule has 1 unspecified atom stereocenters. The summed E-state index contributed by atoms with van der Waals surface area (Å²) in [6.45, 7) is 1.61. The van der Waals surface area contributed by atoms with Gasteiger partial charge in [-0.05, 0) is 29.7 Å². The summed E-state index contributed by atoms with van der Waals surface area (Å²) in [6, 6.07) is 16.6. The molecular formula is C18H17N5. The Bertz CT molecular complexity index is 880. The van der Waals surface area contributed by atoms with Gasteiger partial charge in [0.05, 0.1) is 12.7 Å². The van der Waals surface area contributed by atoms with Crippen molar-refractivity contribution in [1.29, 1.82) is 0 Å². The molecule has 0 saturated heterocycles. The summed E-state index contributed by atoms with van der Waals surface area (Å²) in [5.41, 5.74) is 2.31. The number of benzene rings is 1. The molecule has 4 aromatic rings. The molecule has 0 aliphatic heterocycles. The maximum atomic E-state index is 4.55. The molecule has 0 aliphatic carbocycles. The van der Waals surface area contributed by atoms with Crippen molar-refractivity contribution in [2.75, 3.05) is 0 Å². The van der Waals surface area contributed by atoms with Crippen LogP contribution in [0.2, 0.25) is 0 Å². The molecule has 1 atom stereocenters. The smallest absolute Gasteiger partial charge is 0.0692 e. The Morgan fingerprint density at radius 2 is 1.78 bits per heavy atom. The van der Waals surface area contributed by atoms with E-state index in [1.54, 1.807) is 6.20 Å². The van der Waals surface area contributed by atoms with Crippen LogP contribution in [0.15, 0.2) is 73.3 Å². The largest absolute Gasteiger partial charge is 0.347 e. The van der Waals surface area contributed by atoms with Gasteiger partial charge in [-0.15, -0.1) is 5.10 Å². The van der Waals surface area contributed by atoms with Crippen molar-refractivity contribution < 1.29 is 0 Å². The third kappa shape index (κ3) is 2.85. The van der Waals surface area contributed by atoms with Crippen LogP contribution in [0.4, 0.5) is 0 Å². The Morgan fingerprint density at radius 1 is 0.870 bits per heavy atom. The van der Waals surface area contributed by atoms with Crippen molar-refractivity contribution in [2.24, 2.45) is 0 Å². The SMILES string of the molecule is c1ccc(C(Cn2ccnn2)Cn2ccc3ccccc32)nc1. The average molecular weight is 303 g/mol. The number of fused-ring (bicyclic) bond motifs is 1. The monoisotopic (exact) mass is 303 g/mol. The van der Waals surface area contributed by atoms with Crippen LogP contribution in [-0.2, 0) is 13.1 Å². The first-order chi connectivity index (χ1) is 11.4. The van der Waals surface area contributed by atoms with Crippen LogP contribution in [0, 0.1) is 0 Å². The summed E-state index contributed by atoms with van der Waals surface area (Å²) in [5, 5.41) is 9.26. The lowest BCUT2D eigenvalue weighted by Gasteiger charge is -2.18. The van der Waals surface area contributed by atoms with Crippen LogP contribution in [0.1, 0.15) is 11.6 Å². The maximum absolute atomic E-state index is 4.55. The quantitative estimate of drug-likeness (QED) is 0.569. The number of aromatic nitrogens is 5. The van der Waals surface area contributed by atoms with Gasteiger partial charge in [-0.3, -0.25) is 9.67 Å². The minimum absolute atomic E-state index is 0.230. The van der Waals surface area contributed by atoms with E-state index in [1.165, 1.54) is 10.9 Å². The summed E-state index contributed by atoms with van der Waals surface area (Å²) in [6.07, 6.45) is 7.59. The van der Waals surface area contributed by atoms with E-state index in [1.807, 2.05) is 29.2 Å². The molecule has 0 aliphatic rings. The van der Waals surface area contributed by atoms with Crippen molar-refractivity contribution in [1.82, 2.24) is 24.5 Å². The third-order valence-electron chi connectivity index (χ3n) is 4.08. The van der Waals surface area contributed by atoms with Gasteiger partial charge >= 0.3 is 0 Å². The van der Waals surface area contributed by atoms with Gasteiger partial charge in [0.25, 0.3) is 0 Å². The predicted octanol–water partition coefficient (Wildman–Crippen LogP) is 3.11. The molecule has 5 heteroatoms. The maximum Gasteiger partial charge on any atom is 0.0692 e. The molecule has 3 aromatic heterocycles. The molecule has 0 saturated carbocycles. The fourth-order valence-electron chi connectivity index (χ4n) is 2.96. The minimum atomic E-state index is 0.230. The zero-order chi connectivity index (χ0) is 15.5. The number of hydrogen-bond acceptors (Lipinski definition) is 3. The highest BCUT2D eigenvalue weighted by Gasteiger charge is 2.16. The average Bonchev–Trinajstić information content (AvgIpc) is 3.25. The normalized spacial score (nSPS) is 12.5. The molecule has 4 rings (SSSR count). The number of nitrogens with zero attached hydrogens (tertiary/aromatic N) is 5. The van der Waals surface area contributed by atoms with Gasteiger partial charge in [0.1, 0.15) is 0 Å². The third-order valence-corrected chi connectivity index (χ3v) is 4.08. The molecule has 5 nitrogen and oxygen atoms in total. The van der Waals surface area contributed by atoms with Crippen LogP contribution < -0.4 is 0 Å². The number of hydrogen-bond donors (Lipinski definition) is 0. The zero-order valence-corrected chi connectivity index (χ0v) is 12.7. The molecule has 0 fully saturated rings. The Kier molecular flexibility index (Phi) is 3.60. The first-order valence-electron chi connectivity index (χ1n) is 7.69. The highest BCUT2D eigenvalue weighted by molar-refractivity contribution is 5.79. The predicted molar refractivity (Wildman–Crippen MR) is 88.9 cm³/mol. The number of rotatable bonds is 5. The fourth-order valence-corrected chi connectivity index (χ4v) is 2.96. The van der Waals surface area contributed by atoms with Gasteiger partial charge < -0.3 is 4.57 Å². The Hall–Kier alpha value is -2.95. The summed E-state index contributed by atoms with van der Waals surface area (Å²) >= 11 is 0. The first-order valence-corrected chi connectivity index (χ1v) is 7.69. The molecule has 0 spiro atoms. The molecule has 23 heavy (non-hydrogen) atoms. The summed E-state index contributed by atoms with van der Waals surface area (Å²) in [4.78, 5) is 4.55. The van der Waals surface area contributed by atoms with Crippen molar-refractivity contribution >= 4 is 10.9 Å². The Labute approximate surface area is 134 Å². The van der Waals surface area contributed by atoms with Crippen molar-refractivity contribution in [2.45, 2.75) is 19.0 Å². The van der Waals surface area contributed by atoms with E-state index >= 15 is 0 Å². The summed E-state index contributed by atoms with van der Waals surface area (Å²) in [5.74, 6) is 0.230. The zero-order valence-electron chi connectivity index (χ0n) is 12.7. The van der Waals surface area contributed by atoms with E-state index in [4.69, 9.17) is 0 Å². The Balaban J connectivity index is 1.67. The van der Waals surface area contributed by atoms with Crippen molar-refractivity contribution in [3.05, 3.63) is 79.0 Å². The summed E-state index contributed by atoms with van der Waals surface area (Å²) < 4.78 is 4.15. The lowest BCUT2D eigenvalue weighted by Crippen LogP contribution is -2.17. The number of pyridine rings is 1. The van der Waals surface area contributed by atoms with Gasteiger partial charge in [-0.2, -0.15) is 0 Å². The lowest BCUT2D eigenvalue weighted by molar-refractivity contribution is 0.449.